The second-order valence-corrected chi connectivity index (χ2v) is 10.5. The van der Waals surface area contributed by atoms with Crippen LogP contribution in [0.15, 0.2) is 96.2 Å². The highest BCUT2D eigenvalue weighted by Crippen LogP contribution is 2.51. The Hall–Kier alpha value is -5.50. The molecule has 0 spiro atoms. The zero-order valence-corrected chi connectivity index (χ0v) is 23.7. The summed E-state index contributed by atoms with van der Waals surface area (Å²) in [7, 11) is 0. The van der Waals surface area contributed by atoms with E-state index in [1.165, 1.54) is 12.5 Å². The molecule has 5 aromatic rings. The number of para-hydroxylation sites is 4. The number of carbonyl (C=O) groups excluding carboxylic acids is 1. The van der Waals surface area contributed by atoms with Crippen molar-refractivity contribution < 1.29 is 4.79 Å². The number of aryl methyl sites for hydroxylation is 4. The summed E-state index contributed by atoms with van der Waals surface area (Å²) in [5.41, 5.74) is 9.80. The van der Waals surface area contributed by atoms with Crippen molar-refractivity contribution in [2.75, 3.05) is 9.80 Å². The van der Waals surface area contributed by atoms with Gasteiger partial charge in [-0.05, 0) is 74.2 Å². The van der Waals surface area contributed by atoms with Crippen LogP contribution in [0.3, 0.4) is 0 Å². The number of allylic oxidation sites excluding steroid dienone is 3. The molecule has 0 bridgehead atoms. The lowest BCUT2D eigenvalue weighted by Crippen LogP contribution is -2.24. The molecule has 0 aliphatic carbocycles. The molecule has 0 atom stereocenters. The predicted molar refractivity (Wildman–Crippen MR) is 167 cm³/mol. The van der Waals surface area contributed by atoms with Gasteiger partial charge in [0, 0.05) is 18.0 Å². The number of rotatable bonds is 3. The first-order valence-electron chi connectivity index (χ1n) is 13.7. The molecule has 3 aromatic carbocycles. The summed E-state index contributed by atoms with van der Waals surface area (Å²) in [5, 5.41) is 0. The Labute approximate surface area is 243 Å². The molecular formula is C34H27N7O. The normalized spacial score (nSPS) is 15.0. The lowest BCUT2D eigenvalue weighted by molar-refractivity contribution is 0.100. The van der Waals surface area contributed by atoms with E-state index in [0.29, 0.717) is 16.8 Å². The van der Waals surface area contributed by atoms with Gasteiger partial charge in [-0.25, -0.2) is 24.9 Å². The zero-order valence-electron chi connectivity index (χ0n) is 23.7. The molecule has 4 heterocycles. The maximum absolute atomic E-state index is 12.4. The standard InChI is InChI=1S/C34H27N7O/c1-20-9-7-10-21(2)30(20)40-28(16-15-24-17-36-34(42)25-18-35-19-37-29(24)25)41(31-22(3)11-8-12-23(31)4)33-32(40)38-26-13-5-6-14-27(26)39-33/h5-19H,1-4H3/b24-15-. The van der Waals surface area contributed by atoms with Crippen LogP contribution in [0.2, 0.25) is 0 Å². The van der Waals surface area contributed by atoms with E-state index in [1.54, 1.807) is 6.21 Å². The fraction of sp³-hybridized carbons (Fsp3) is 0.118. The number of aromatic nitrogens is 4. The summed E-state index contributed by atoms with van der Waals surface area (Å²) in [5.74, 6) is 1.99. The van der Waals surface area contributed by atoms with Crippen molar-refractivity contribution in [3.05, 3.63) is 125 Å². The van der Waals surface area contributed by atoms with Crippen molar-refractivity contribution in [2.24, 2.45) is 4.99 Å². The highest BCUT2D eigenvalue weighted by atomic mass is 16.1. The summed E-state index contributed by atoms with van der Waals surface area (Å²) < 4.78 is 0. The molecule has 2 aliphatic heterocycles. The van der Waals surface area contributed by atoms with Crippen molar-refractivity contribution in [2.45, 2.75) is 27.7 Å². The molecule has 2 aliphatic rings. The lowest BCUT2D eigenvalue weighted by atomic mass is 10.0. The fourth-order valence-corrected chi connectivity index (χ4v) is 5.77. The third-order valence-electron chi connectivity index (χ3n) is 7.69. The van der Waals surface area contributed by atoms with Gasteiger partial charge in [-0.3, -0.25) is 14.6 Å². The van der Waals surface area contributed by atoms with Crippen LogP contribution >= 0.6 is 0 Å². The van der Waals surface area contributed by atoms with E-state index < -0.39 is 0 Å². The van der Waals surface area contributed by atoms with Gasteiger partial charge in [-0.1, -0.05) is 48.5 Å². The highest BCUT2D eigenvalue weighted by Gasteiger charge is 2.39. The summed E-state index contributed by atoms with van der Waals surface area (Å²) in [6.45, 7) is 8.45. The number of nitrogens with zero attached hydrogens (tertiary/aromatic N) is 7. The van der Waals surface area contributed by atoms with Crippen molar-refractivity contribution in [3.63, 3.8) is 0 Å². The van der Waals surface area contributed by atoms with E-state index >= 15 is 0 Å². The Kier molecular flexibility index (Phi) is 5.97. The SMILES string of the molecule is Cc1cccc(C)c1N1C(=C/C=C2/C=NC(=O)c3cncnc32)N(c2c(C)cccc2C)c2nc3ccccc3nc21. The number of hydrogen-bond acceptors (Lipinski definition) is 7. The lowest BCUT2D eigenvalue weighted by Gasteiger charge is -2.28. The summed E-state index contributed by atoms with van der Waals surface area (Å²) in [6.07, 6.45) is 8.51. The van der Waals surface area contributed by atoms with Crippen LogP contribution in [0.1, 0.15) is 38.3 Å². The largest absolute Gasteiger partial charge is 0.280 e. The first-order valence-corrected chi connectivity index (χ1v) is 13.7. The van der Waals surface area contributed by atoms with Gasteiger partial charge in [-0.15, -0.1) is 0 Å². The molecule has 0 saturated carbocycles. The van der Waals surface area contributed by atoms with E-state index in [1.807, 2.05) is 36.4 Å². The van der Waals surface area contributed by atoms with Gasteiger partial charge >= 0.3 is 0 Å². The Balaban J connectivity index is 1.55. The third kappa shape index (κ3) is 3.99. The van der Waals surface area contributed by atoms with Crippen molar-refractivity contribution >= 4 is 51.7 Å². The smallest absolute Gasteiger partial charge is 0.276 e. The minimum atomic E-state index is -0.349. The van der Waals surface area contributed by atoms with Crippen LogP contribution in [0.25, 0.3) is 16.6 Å². The molecule has 0 radical (unpaired) electrons. The van der Waals surface area contributed by atoms with Crippen LogP contribution in [-0.4, -0.2) is 32.1 Å². The Morgan fingerprint density at radius 3 is 1.79 bits per heavy atom. The Morgan fingerprint density at radius 1 is 0.690 bits per heavy atom. The second kappa shape index (κ2) is 9.85. The summed E-state index contributed by atoms with van der Waals surface area (Å²) >= 11 is 0. The molecule has 1 amide bonds. The number of anilines is 4. The molecule has 204 valence electrons. The van der Waals surface area contributed by atoms with Gasteiger partial charge in [0.15, 0.2) is 11.6 Å². The van der Waals surface area contributed by atoms with Gasteiger partial charge in [0.25, 0.3) is 5.91 Å². The van der Waals surface area contributed by atoms with Crippen LogP contribution in [0.4, 0.5) is 23.0 Å². The number of aliphatic imine (C=N–C) groups is 1. The number of fused-ring (bicyclic) bond motifs is 3. The molecule has 0 saturated heterocycles. The molecule has 0 fully saturated rings. The van der Waals surface area contributed by atoms with Gasteiger partial charge in [0.2, 0.25) is 0 Å². The molecule has 0 unspecified atom stereocenters. The number of hydrogen-bond donors (Lipinski definition) is 0. The minimum Gasteiger partial charge on any atom is -0.276 e. The molecule has 0 N–H and O–H groups in total. The molecule has 42 heavy (non-hydrogen) atoms. The number of carbonyl (C=O) groups is 1. The number of benzene rings is 3. The zero-order chi connectivity index (χ0) is 29.0. The van der Waals surface area contributed by atoms with Gasteiger partial charge in [0.05, 0.1) is 33.7 Å². The maximum Gasteiger partial charge on any atom is 0.280 e. The Morgan fingerprint density at radius 2 is 1.24 bits per heavy atom. The molecule has 8 heteroatoms. The first kappa shape index (κ1) is 25.5. The first-order chi connectivity index (χ1) is 20.4. The van der Waals surface area contributed by atoms with Crippen LogP contribution < -0.4 is 9.80 Å². The van der Waals surface area contributed by atoms with Crippen molar-refractivity contribution in [1.29, 1.82) is 0 Å². The van der Waals surface area contributed by atoms with E-state index in [2.05, 4.69) is 88.9 Å². The summed E-state index contributed by atoms with van der Waals surface area (Å²) in [4.78, 5) is 39.7. The van der Waals surface area contributed by atoms with Gasteiger partial charge in [0.1, 0.15) is 12.1 Å². The minimum absolute atomic E-state index is 0.349. The number of amides is 1. The highest BCUT2D eigenvalue weighted by molar-refractivity contribution is 6.21. The molecular weight excluding hydrogens is 522 g/mol. The van der Waals surface area contributed by atoms with Crippen LogP contribution in [0.5, 0.6) is 0 Å². The molecule has 7 rings (SSSR count). The fourth-order valence-electron chi connectivity index (χ4n) is 5.77. The van der Waals surface area contributed by atoms with Crippen molar-refractivity contribution in [1.82, 2.24) is 19.9 Å². The van der Waals surface area contributed by atoms with E-state index in [0.717, 1.165) is 62.1 Å². The Bertz CT molecular complexity index is 1880. The van der Waals surface area contributed by atoms with E-state index in [9.17, 15) is 4.79 Å². The van der Waals surface area contributed by atoms with E-state index in [-0.39, 0.29) is 5.91 Å². The predicted octanol–water partition coefficient (Wildman–Crippen LogP) is 7.09. The molecule has 8 nitrogen and oxygen atoms in total. The van der Waals surface area contributed by atoms with E-state index in [4.69, 9.17) is 9.97 Å². The maximum atomic E-state index is 12.4. The van der Waals surface area contributed by atoms with Crippen molar-refractivity contribution in [3.8, 4) is 0 Å². The second-order valence-electron chi connectivity index (χ2n) is 10.5. The third-order valence-corrected chi connectivity index (χ3v) is 7.69. The van der Waals surface area contributed by atoms with Crippen LogP contribution in [0, 0.1) is 27.7 Å². The molecule has 2 aromatic heterocycles. The monoisotopic (exact) mass is 549 g/mol. The average Bonchev–Trinajstić information content (AvgIpc) is 3.28. The topological polar surface area (TPSA) is 87.5 Å². The van der Waals surface area contributed by atoms with Gasteiger partial charge < -0.3 is 0 Å². The average molecular weight is 550 g/mol. The quantitative estimate of drug-likeness (QED) is 0.237. The summed E-state index contributed by atoms with van der Waals surface area (Å²) in [6, 6.07) is 20.5. The van der Waals surface area contributed by atoms with Gasteiger partial charge in [-0.2, -0.15) is 0 Å². The van der Waals surface area contributed by atoms with Crippen LogP contribution in [-0.2, 0) is 0 Å².